The van der Waals surface area contributed by atoms with E-state index in [0.29, 0.717) is 0 Å². The Labute approximate surface area is 127 Å². The van der Waals surface area contributed by atoms with Crippen molar-refractivity contribution in [1.29, 1.82) is 0 Å². The number of hydrogen-bond donors (Lipinski definition) is 1. The molecule has 3 heteroatoms. The lowest BCUT2D eigenvalue weighted by molar-refractivity contribution is 0.955. The Morgan fingerprint density at radius 3 is 2.80 bits per heavy atom. The largest absolute Gasteiger partial charge is 0.381 e. The van der Waals surface area contributed by atoms with E-state index in [-0.39, 0.29) is 0 Å². The van der Waals surface area contributed by atoms with Crippen molar-refractivity contribution < 1.29 is 0 Å². The lowest BCUT2D eigenvalue weighted by atomic mass is 10.1. The Bertz CT molecular complexity index is 759. The van der Waals surface area contributed by atoms with Crippen LogP contribution in [0.4, 0.5) is 5.69 Å². The molecular formula is C17H17BrN2. The highest BCUT2D eigenvalue weighted by Crippen LogP contribution is 2.24. The standard InChI is InChI=1S/C17H17BrN2/c1-12-7-8-14(18)9-16(12)19-10-13-11-20(2)17-6-4-3-5-15(13)17/h3-9,11,19H,10H2,1-2H3. The van der Waals surface area contributed by atoms with Crippen LogP contribution < -0.4 is 5.32 Å². The number of aromatic nitrogens is 1. The number of fused-ring (bicyclic) bond motifs is 1. The third-order valence-electron chi connectivity index (χ3n) is 3.65. The molecule has 0 saturated carbocycles. The van der Waals surface area contributed by atoms with Crippen LogP contribution in [-0.4, -0.2) is 4.57 Å². The first-order chi connectivity index (χ1) is 9.65. The second-order valence-electron chi connectivity index (χ2n) is 5.10. The number of nitrogens with zero attached hydrogens (tertiary/aromatic N) is 1. The van der Waals surface area contributed by atoms with Crippen LogP contribution in [0.1, 0.15) is 11.1 Å². The normalized spacial score (nSPS) is 10.9. The highest BCUT2D eigenvalue weighted by atomic mass is 79.9. The highest BCUT2D eigenvalue weighted by Gasteiger charge is 2.06. The molecule has 2 aromatic carbocycles. The minimum absolute atomic E-state index is 0.832. The zero-order valence-electron chi connectivity index (χ0n) is 11.7. The highest BCUT2D eigenvalue weighted by molar-refractivity contribution is 9.10. The first-order valence-corrected chi connectivity index (χ1v) is 7.47. The number of aryl methyl sites for hydroxylation is 2. The number of para-hydroxylation sites is 1. The molecule has 0 amide bonds. The first-order valence-electron chi connectivity index (χ1n) is 6.68. The number of benzene rings is 2. The monoisotopic (exact) mass is 328 g/mol. The van der Waals surface area contributed by atoms with E-state index in [1.54, 1.807) is 0 Å². The van der Waals surface area contributed by atoms with Crippen LogP contribution in [0.5, 0.6) is 0 Å². The number of anilines is 1. The third kappa shape index (κ3) is 2.46. The Kier molecular flexibility index (Phi) is 3.53. The maximum atomic E-state index is 3.53. The Morgan fingerprint density at radius 2 is 1.95 bits per heavy atom. The second-order valence-corrected chi connectivity index (χ2v) is 6.01. The van der Waals surface area contributed by atoms with Crippen molar-refractivity contribution in [1.82, 2.24) is 4.57 Å². The zero-order valence-corrected chi connectivity index (χ0v) is 13.2. The molecule has 0 radical (unpaired) electrons. The van der Waals surface area contributed by atoms with Crippen LogP contribution in [0.2, 0.25) is 0 Å². The summed E-state index contributed by atoms with van der Waals surface area (Å²) in [6.07, 6.45) is 2.20. The minimum atomic E-state index is 0.832. The van der Waals surface area contributed by atoms with E-state index >= 15 is 0 Å². The van der Waals surface area contributed by atoms with Gasteiger partial charge in [-0.1, -0.05) is 40.2 Å². The Hall–Kier alpha value is -1.74. The van der Waals surface area contributed by atoms with Crippen LogP contribution in [0.25, 0.3) is 10.9 Å². The van der Waals surface area contributed by atoms with Crippen molar-refractivity contribution in [2.24, 2.45) is 7.05 Å². The quantitative estimate of drug-likeness (QED) is 0.726. The van der Waals surface area contributed by atoms with E-state index in [4.69, 9.17) is 0 Å². The van der Waals surface area contributed by atoms with Gasteiger partial charge >= 0.3 is 0 Å². The molecule has 0 fully saturated rings. The van der Waals surface area contributed by atoms with Gasteiger partial charge in [0.05, 0.1) is 0 Å². The molecule has 0 aliphatic heterocycles. The lowest BCUT2D eigenvalue weighted by Gasteiger charge is -2.09. The van der Waals surface area contributed by atoms with Gasteiger partial charge in [-0.05, 0) is 36.2 Å². The van der Waals surface area contributed by atoms with E-state index in [2.05, 4.69) is 88.4 Å². The molecule has 1 heterocycles. The van der Waals surface area contributed by atoms with Crippen LogP contribution in [-0.2, 0) is 13.6 Å². The zero-order chi connectivity index (χ0) is 14.1. The third-order valence-corrected chi connectivity index (χ3v) is 4.14. The molecule has 0 aliphatic rings. The molecule has 0 atom stereocenters. The minimum Gasteiger partial charge on any atom is -0.381 e. The number of rotatable bonds is 3. The summed E-state index contributed by atoms with van der Waals surface area (Å²) in [4.78, 5) is 0. The SMILES string of the molecule is Cc1ccc(Br)cc1NCc1cn(C)c2ccccc12. The molecule has 3 rings (SSSR count). The fourth-order valence-electron chi connectivity index (χ4n) is 2.54. The fraction of sp³-hybridized carbons (Fsp3) is 0.176. The summed E-state index contributed by atoms with van der Waals surface area (Å²) in [6.45, 7) is 2.95. The maximum absolute atomic E-state index is 3.53. The van der Waals surface area contributed by atoms with Crippen molar-refractivity contribution in [3.63, 3.8) is 0 Å². The molecule has 0 aliphatic carbocycles. The molecule has 0 saturated heterocycles. The maximum Gasteiger partial charge on any atom is 0.0481 e. The molecule has 3 aromatic rings. The van der Waals surface area contributed by atoms with Gasteiger partial charge in [-0.15, -0.1) is 0 Å². The van der Waals surface area contributed by atoms with Gasteiger partial charge in [-0.25, -0.2) is 0 Å². The average Bonchev–Trinajstić information content (AvgIpc) is 2.77. The van der Waals surface area contributed by atoms with Gasteiger partial charge < -0.3 is 9.88 Å². The number of hydrogen-bond acceptors (Lipinski definition) is 1. The van der Waals surface area contributed by atoms with Crippen LogP contribution in [0.15, 0.2) is 53.1 Å². The summed E-state index contributed by atoms with van der Waals surface area (Å²) in [7, 11) is 2.09. The first kappa shape index (κ1) is 13.3. The van der Waals surface area contributed by atoms with E-state index in [1.165, 1.54) is 27.7 Å². The van der Waals surface area contributed by atoms with Gasteiger partial charge in [0.25, 0.3) is 0 Å². The van der Waals surface area contributed by atoms with Gasteiger partial charge in [-0.2, -0.15) is 0 Å². The number of halogens is 1. The summed E-state index contributed by atoms with van der Waals surface area (Å²) in [5.74, 6) is 0. The van der Waals surface area contributed by atoms with Gasteiger partial charge in [0.2, 0.25) is 0 Å². The van der Waals surface area contributed by atoms with Gasteiger partial charge in [0.1, 0.15) is 0 Å². The summed E-state index contributed by atoms with van der Waals surface area (Å²) in [6, 6.07) is 14.8. The van der Waals surface area contributed by atoms with E-state index < -0.39 is 0 Å². The molecule has 102 valence electrons. The molecule has 0 bridgehead atoms. The Balaban J connectivity index is 1.89. The van der Waals surface area contributed by atoms with Crippen LogP contribution in [0, 0.1) is 6.92 Å². The average molecular weight is 329 g/mol. The predicted octanol–water partition coefficient (Wildman–Crippen LogP) is 4.86. The summed E-state index contributed by atoms with van der Waals surface area (Å²) in [5, 5.41) is 4.85. The summed E-state index contributed by atoms with van der Waals surface area (Å²) < 4.78 is 3.28. The van der Waals surface area contributed by atoms with Crippen LogP contribution in [0.3, 0.4) is 0 Å². The smallest absolute Gasteiger partial charge is 0.0481 e. The molecule has 0 unspecified atom stereocenters. The summed E-state index contributed by atoms with van der Waals surface area (Å²) in [5.41, 5.74) is 5.03. The lowest BCUT2D eigenvalue weighted by Crippen LogP contribution is -2.00. The van der Waals surface area contributed by atoms with Crippen molar-refractivity contribution >= 4 is 32.5 Å². The fourth-order valence-corrected chi connectivity index (χ4v) is 2.90. The molecule has 20 heavy (non-hydrogen) atoms. The van der Waals surface area contributed by atoms with Crippen molar-refractivity contribution in [3.8, 4) is 0 Å². The van der Waals surface area contributed by atoms with E-state index in [1.807, 2.05) is 0 Å². The van der Waals surface area contributed by atoms with Gasteiger partial charge in [-0.3, -0.25) is 0 Å². The number of nitrogens with one attached hydrogen (secondary N) is 1. The molecular weight excluding hydrogens is 312 g/mol. The summed E-state index contributed by atoms with van der Waals surface area (Å²) >= 11 is 3.52. The van der Waals surface area contributed by atoms with Crippen molar-refractivity contribution in [3.05, 3.63) is 64.3 Å². The van der Waals surface area contributed by atoms with Gasteiger partial charge in [0, 0.05) is 40.9 Å². The molecule has 0 spiro atoms. The second kappa shape index (κ2) is 5.33. The van der Waals surface area contributed by atoms with E-state index in [0.717, 1.165) is 11.0 Å². The van der Waals surface area contributed by atoms with Crippen molar-refractivity contribution in [2.75, 3.05) is 5.32 Å². The van der Waals surface area contributed by atoms with Crippen molar-refractivity contribution in [2.45, 2.75) is 13.5 Å². The van der Waals surface area contributed by atoms with E-state index in [9.17, 15) is 0 Å². The molecule has 1 aromatic heterocycles. The predicted molar refractivity (Wildman–Crippen MR) is 89.1 cm³/mol. The molecule has 1 N–H and O–H groups in total. The topological polar surface area (TPSA) is 17.0 Å². The Morgan fingerprint density at radius 1 is 1.15 bits per heavy atom. The van der Waals surface area contributed by atoms with Gasteiger partial charge in [0.15, 0.2) is 0 Å². The molecule has 2 nitrogen and oxygen atoms in total. The van der Waals surface area contributed by atoms with Crippen LogP contribution >= 0.6 is 15.9 Å².